The molecule has 1 heterocycles. The number of halogens is 2. The number of rotatable bonds is 4. The number of hydrogen-bond donors (Lipinski definition) is 3. The Morgan fingerprint density at radius 3 is 2.56 bits per heavy atom. The van der Waals surface area contributed by atoms with Crippen LogP contribution in [0.4, 0.5) is 9.18 Å². The van der Waals surface area contributed by atoms with Crippen LogP contribution in [0, 0.1) is 5.82 Å². The minimum Gasteiger partial charge on any atom is -0.444 e. The van der Waals surface area contributed by atoms with Crippen LogP contribution in [0.25, 0.3) is 10.2 Å². The molecule has 0 aliphatic heterocycles. The van der Waals surface area contributed by atoms with Crippen molar-refractivity contribution < 1.29 is 23.5 Å². The van der Waals surface area contributed by atoms with Gasteiger partial charge in [0, 0.05) is 0 Å². The van der Waals surface area contributed by atoms with E-state index in [0.717, 1.165) is 11.3 Å². The van der Waals surface area contributed by atoms with E-state index in [9.17, 15) is 18.8 Å². The standard InChI is InChI=1S/C16H18BrFN4O4S/c1-16(2,3)26-15(25)19-7-11(24)22-21-10(23)6-12-20-9-5-4-8(17)13(18)14(9)27-12/h4-5H,6-7H2,1-3H3,(H,19,25)(H,21,23)(H,22,24). The van der Waals surface area contributed by atoms with Gasteiger partial charge in [-0.15, -0.1) is 11.3 Å². The third kappa shape index (κ3) is 6.43. The molecular weight excluding hydrogens is 443 g/mol. The highest BCUT2D eigenvalue weighted by molar-refractivity contribution is 9.10. The molecule has 0 radical (unpaired) electrons. The lowest BCUT2D eigenvalue weighted by atomic mass is 10.2. The van der Waals surface area contributed by atoms with Gasteiger partial charge in [0.1, 0.15) is 17.2 Å². The van der Waals surface area contributed by atoms with Gasteiger partial charge in [0.15, 0.2) is 5.82 Å². The van der Waals surface area contributed by atoms with E-state index in [1.54, 1.807) is 32.9 Å². The van der Waals surface area contributed by atoms with Gasteiger partial charge in [-0.2, -0.15) is 0 Å². The second-order valence-electron chi connectivity index (χ2n) is 6.45. The fourth-order valence-corrected chi connectivity index (χ4v) is 3.35. The summed E-state index contributed by atoms with van der Waals surface area (Å²) in [6.07, 6.45) is -0.873. The first-order valence-electron chi connectivity index (χ1n) is 7.83. The van der Waals surface area contributed by atoms with E-state index < -0.39 is 29.3 Å². The number of amides is 3. The average Bonchev–Trinajstić information content (AvgIpc) is 2.96. The number of thiazole rings is 1. The Kier molecular flexibility index (Phi) is 6.71. The van der Waals surface area contributed by atoms with E-state index in [0.29, 0.717) is 19.7 Å². The zero-order chi connectivity index (χ0) is 20.2. The number of hydrogen-bond acceptors (Lipinski definition) is 6. The van der Waals surface area contributed by atoms with Crippen LogP contribution in [0.3, 0.4) is 0 Å². The summed E-state index contributed by atoms with van der Waals surface area (Å²) in [6, 6.07) is 3.18. The SMILES string of the molecule is CC(C)(C)OC(=O)NCC(=O)NNC(=O)Cc1nc2ccc(Br)c(F)c2s1. The number of hydrazine groups is 1. The number of aromatic nitrogens is 1. The zero-order valence-corrected chi connectivity index (χ0v) is 17.2. The Balaban J connectivity index is 1.80. The van der Waals surface area contributed by atoms with Crippen LogP contribution in [0.2, 0.25) is 0 Å². The molecule has 0 unspecified atom stereocenters. The lowest BCUT2D eigenvalue weighted by Crippen LogP contribution is -2.47. The highest BCUT2D eigenvalue weighted by Crippen LogP contribution is 2.29. The fraction of sp³-hybridized carbons (Fsp3) is 0.375. The van der Waals surface area contributed by atoms with Crippen molar-refractivity contribution in [2.24, 2.45) is 0 Å². The number of nitrogens with one attached hydrogen (secondary N) is 3. The van der Waals surface area contributed by atoms with Crippen molar-refractivity contribution in [1.82, 2.24) is 21.2 Å². The predicted octanol–water partition coefficient (Wildman–Crippen LogP) is 2.41. The summed E-state index contributed by atoms with van der Waals surface area (Å²) in [5.41, 5.74) is 4.14. The van der Waals surface area contributed by atoms with Crippen LogP contribution in [-0.2, 0) is 20.7 Å². The Morgan fingerprint density at radius 2 is 1.89 bits per heavy atom. The fourth-order valence-electron chi connectivity index (χ4n) is 1.89. The maximum absolute atomic E-state index is 14.0. The van der Waals surface area contributed by atoms with Gasteiger partial charge in [-0.1, -0.05) is 0 Å². The average molecular weight is 461 g/mol. The van der Waals surface area contributed by atoms with Crippen molar-refractivity contribution in [3.63, 3.8) is 0 Å². The van der Waals surface area contributed by atoms with Gasteiger partial charge in [0.2, 0.25) is 5.91 Å². The quantitative estimate of drug-likeness (QED) is 0.606. The maximum Gasteiger partial charge on any atom is 0.408 e. The summed E-state index contributed by atoms with van der Waals surface area (Å²) in [6.45, 7) is 4.72. The summed E-state index contributed by atoms with van der Waals surface area (Å²) in [4.78, 5) is 39.1. The first-order chi connectivity index (χ1) is 12.5. The van der Waals surface area contributed by atoms with Gasteiger partial charge in [-0.25, -0.2) is 14.2 Å². The molecule has 0 spiro atoms. The minimum absolute atomic E-state index is 0.129. The van der Waals surface area contributed by atoms with E-state index in [2.05, 4.69) is 37.1 Å². The number of benzene rings is 1. The van der Waals surface area contributed by atoms with Crippen LogP contribution >= 0.6 is 27.3 Å². The van der Waals surface area contributed by atoms with Gasteiger partial charge >= 0.3 is 6.09 Å². The smallest absolute Gasteiger partial charge is 0.408 e. The molecular formula is C16H18BrFN4O4S. The predicted molar refractivity (Wildman–Crippen MR) is 102 cm³/mol. The highest BCUT2D eigenvalue weighted by atomic mass is 79.9. The molecule has 0 saturated carbocycles. The van der Waals surface area contributed by atoms with Gasteiger partial charge in [-0.3, -0.25) is 20.4 Å². The molecule has 11 heteroatoms. The largest absolute Gasteiger partial charge is 0.444 e. The summed E-state index contributed by atoms with van der Waals surface area (Å²) >= 11 is 4.15. The van der Waals surface area contributed by atoms with Crippen LogP contribution < -0.4 is 16.2 Å². The maximum atomic E-state index is 14.0. The number of carbonyl (C=O) groups excluding carboxylic acids is 3. The van der Waals surface area contributed by atoms with Crippen molar-refractivity contribution in [1.29, 1.82) is 0 Å². The van der Waals surface area contributed by atoms with Gasteiger partial charge in [0.05, 0.1) is 21.1 Å². The van der Waals surface area contributed by atoms with Crippen molar-refractivity contribution in [3.8, 4) is 0 Å². The van der Waals surface area contributed by atoms with Crippen molar-refractivity contribution in [2.45, 2.75) is 32.8 Å². The van der Waals surface area contributed by atoms with Gasteiger partial charge < -0.3 is 10.1 Å². The molecule has 1 aromatic heterocycles. The Bertz CT molecular complexity index is 881. The molecule has 3 N–H and O–H groups in total. The summed E-state index contributed by atoms with van der Waals surface area (Å²) < 4.78 is 19.6. The normalized spacial score (nSPS) is 11.1. The van der Waals surface area contributed by atoms with Gasteiger partial charge in [0.25, 0.3) is 5.91 Å². The van der Waals surface area contributed by atoms with Crippen LogP contribution in [0.15, 0.2) is 16.6 Å². The molecule has 2 aromatic rings. The Labute approximate surface area is 167 Å². The second kappa shape index (κ2) is 8.61. The second-order valence-corrected chi connectivity index (χ2v) is 8.38. The molecule has 3 amide bonds. The van der Waals surface area contributed by atoms with Crippen molar-refractivity contribution in [2.75, 3.05) is 6.54 Å². The third-order valence-electron chi connectivity index (χ3n) is 2.94. The molecule has 27 heavy (non-hydrogen) atoms. The number of nitrogens with zero attached hydrogens (tertiary/aromatic N) is 1. The third-order valence-corrected chi connectivity index (χ3v) is 4.62. The van der Waals surface area contributed by atoms with Crippen molar-refractivity contribution in [3.05, 3.63) is 27.4 Å². The molecule has 0 bridgehead atoms. The van der Waals surface area contributed by atoms with E-state index in [1.807, 2.05) is 0 Å². The summed E-state index contributed by atoms with van der Waals surface area (Å²) in [5.74, 6) is -1.59. The number of alkyl carbamates (subject to hydrolysis) is 1. The van der Waals surface area contributed by atoms with E-state index in [-0.39, 0.29) is 13.0 Å². The topological polar surface area (TPSA) is 109 Å². The lowest BCUT2D eigenvalue weighted by Gasteiger charge is -2.19. The molecule has 0 aliphatic carbocycles. The van der Waals surface area contributed by atoms with E-state index in [4.69, 9.17) is 4.74 Å². The molecule has 146 valence electrons. The molecule has 8 nitrogen and oxygen atoms in total. The first kappa shape index (κ1) is 21.0. The summed E-state index contributed by atoms with van der Waals surface area (Å²) in [5, 5.41) is 2.66. The number of carbonyl (C=O) groups is 3. The number of fused-ring (bicyclic) bond motifs is 1. The Morgan fingerprint density at radius 1 is 1.22 bits per heavy atom. The summed E-state index contributed by atoms with van der Waals surface area (Å²) in [7, 11) is 0. The van der Waals surface area contributed by atoms with E-state index >= 15 is 0 Å². The Hall–Kier alpha value is -2.27. The van der Waals surface area contributed by atoms with Crippen LogP contribution in [-0.4, -0.2) is 35.0 Å². The number of ether oxygens (including phenoxy) is 1. The van der Waals surface area contributed by atoms with E-state index in [1.165, 1.54) is 0 Å². The monoisotopic (exact) mass is 460 g/mol. The molecule has 0 aliphatic rings. The van der Waals surface area contributed by atoms with Crippen LogP contribution in [0.1, 0.15) is 25.8 Å². The zero-order valence-electron chi connectivity index (χ0n) is 14.8. The minimum atomic E-state index is -0.744. The van der Waals surface area contributed by atoms with Crippen molar-refractivity contribution >= 4 is 55.4 Å². The molecule has 2 rings (SSSR count). The molecule has 0 fully saturated rings. The molecule has 0 atom stereocenters. The molecule has 1 aromatic carbocycles. The van der Waals surface area contributed by atoms with Gasteiger partial charge in [-0.05, 0) is 48.8 Å². The lowest BCUT2D eigenvalue weighted by molar-refractivity contribution is -0.128. The molecule has 0 saturated heterocycles. The highest BCUT2D eigenvalue weighted by Gasteiger charge is 2.17. The van der Waals surface area contributed by atoms with Crippen LogP contribution in [0.5, 0.6) is 0 Å². The first-order valence-corrected chi connectivity index (χ1v) is 9.44.